The summed E-state index contributed by atoms with van der Waals surface area (Å²) in [5.41, 5.74) is 2.93. The summed E-state index contributed by atoms with van der Waals surface area (Å²) in [5, 5.41) is 6.38. The van der Waals surface area contributed by atoms with Crippen LogP contribution in [-0.4, -0.2) is 38.3 Å². The predicted molar refractivity (Wildman–Crippen MR) is 82.3 cm³/mol. The third-order valence-electron chi connectivity index (χ3n) is 2.08. The van der Waals surface area contributed by atoms with Gasteiger partial charge >= 0.3 is 0 Å². The Bertz CT molecular complexity index is 343. The fraction of sp³-hybridized carbons (Fsp3) is 0.600. The Morgan fingerprint density at radius 3 is 2.82 bits per heavy atom. The smallest absolute Gasteiger partial charge is 0.191 e. The number of hydrogen-bond acceptors (Lipinski definition) is 4. The lowest BCUT2D eigenvalue weighted by Gasteiger charge is -2.10. The highest BCUT2D eigenvalue weighted by Gasteiger charge is 2.02. The summed E-state index contributed by atoms with van der Waals surface area (Å²) < 4.78 is 4.95. The van der Waals surface area contributed by atoms with Crippen molar-refractivity contribution in [2.24, 2.45) is 4.99 Å². The van der Waals surface area contributed by atoms with Gasteiger partial charge in [-0.15, -0.1) is 35.3 Å². The van der Waals surface area contributed by atoms with Gasteiger partial charge in [0.1, 0.15) is 0 Å². The van der Waals surface area contributed by atoms with Crippen molar-refractivity contribution in [3.8, 4) is 0 Å². The van der Waals surface area contributed by atoms with Crippen molar-refractivity contribution in [2.45, 2.75) is 13.5 Å². The number of aryl methyl sites for hydroxylation is 1. The van der Waals surface area contributed by atoms with Crippen LogP contribution in [0.25, 0.3) is 0 Å². The zero-order valence-electron chi connectivity index (χ0n) is 10.3. The molecule has 0 aromatic carbocycles. The van der Waals surface area contributed by atoms with Crippen molar-refractivity contribution in [2.75, 3.05) is 27.3 Å². The molecule has 1 heterocycles. The quantitative estimate of drug-likeness (QED) is 0.356. The summed E-state index contributed by atoms with van der Waals surface area (Å²) in [6.45, 7) is 4.18. The minimum absolute atomic E-state index is 0. The van der Waals surface area contributed by atoms with E-state index in [1.54, 1.807) is 25.5 Å². The maximum Gasteiger partial charge on any atom is 0.191 e. The van der Waals surface area contributed by atoms with Crippen LogP contribution < -0.4 is 10.6 Å². The molecule has 0 aliphatic rings. The lowest BCUT2D eigenvalue weighted by Crippen LogP contribution is -2.38. The molecule has 0 radical (unpaired) electrons. The number of aromatic nitrogens is 1. The Morgan fingerprint density at radius 2 is 2.29 bits per heavy atom. The van der Waals surface area contributed by atoms with Gasteiger partial charge in [0.05, 0.1) is 24.4 Å². The van der Waals surface area contributed by atoms with Gasteiger partial charge < -0.3 is 15.4 Å². The second-order valence-corrected chi connectivity index (χ2v) is 4.15. The minimum Gasteiger partial charge on any atom is -0.383 e. The number of hydrogen-bond donors (Lipinski definition) is 2. The Morgan fingerprint density at radius 1 is 1.53 bits per heavy atom. The zero-order valence-corrected chi connectivity index (χ0v) is 13.5. The van der Waals surface area contributed by atoms with Crippen LogP contribution in [-0.2, 0) is 11.3 Å². The van der Waals surface area contributed by atoms with Crippen LogP contribution >= 0.6 is 35.3 Å². The molecule has 0 aliphatic carbocycles. The summed E-state index contributed by atoms with van der Waals surface area (Å²) in [4.78, 5) is 9.54. The van der Waals surface area contributed by atoms with E-state index in [0.29, 0.717) is 6.61 Å². The normalized spacial score (nSPS) is 10.9. The number of rotatable bonds is 5. The number of nitrogens with one attached hydrogen (secondary N) is 2. The van der Waals surface area contributed by atoms with Gasteiger partial charge in [0.25, 0.3) is 0 Å². The molecular formula is C10H19IN4OS. The molecule has 0 saturated carbocycles. The summed E-state index contributed by atoms with van der Waals surface area (Å²) in [7, 11) is 3.43. The number of aliphatic imine (C=N–C) groups is 1. The molecule has 2 N–H and O–H groups in total. The molecular weight excluding hydrogens is 351 g/mol. The molecule has 0 spiro atoms. The molecule has 98 valence electrons. The Balaban J connectivity index is 0.00000256. The summed E-state index contributed by atoms with van der Waals surface area (Å²) in [6.07, 6.45) is 0. The van der Waals surface area contributed by atoms with Gasteiger partial charge in [0.2, 0.25) is 0 Å². The second-order valence-electron chi connectivity index (χ2n) is 3.21. The van der Waals surface area contributed by atoms with Crippen molar-refractivity contribution < 1.29 is 4.74 Å². The molecule has 0 amide bonds. The van der Waals surface area contributed by atoms with Gasteiger partial charge in [-0.05, 0) is 6.92 Å². The van der Waals surface area contributed by atoms with Crippen LogP contribution in [0.3, 0.4) is 0 Å². The molecule has 0 fully saturated rings. The topological polar surface area (TPSA) is 58.5 Å². The fourth-order valence-corrected chi connectivity index (χ4v) is 1.87. The van der Waals surface area contributed by atoms with Crippen LogP contribution in [0.2, 0.25) is 0 Å². The van der Waals surface area contributed by atoms with E-state index < -0.39 is 0 Å². The molecule has 0 atom stereocenters. The van der Waals surface area contributed by atoms with E-state index in [9.17, 15) is 0 Å². The molecule has 0 bridgehead atoms. The lowest BCUT2D eigenvalue weighted by molar-refractivity contribution is 0.203. The van der Waals surface area contributed by atoms with Crippen molar-refractivity contribution in [1.29, 1.82) is 0 Å². The maximum atomic E-state index is 4.95. The molecule has 7 heteroatoms. The van der Waals surface area contributed by atoms with Crippen LogP contribution in [0.5, 0.6) is 0 Å². The molecule has 0 unspecified atom stereocenters. The second kappa shape index (κ2) is 9.60. The average Bonchev–Trinajstić information content (AvgIpc) is 2.69. The first kappa shape index (κ1) is 16.6. The third kappa shape index (κ3) is 6.18. The number of nitrogens with zero attached hydrogens (tertiary/aromatic N) is 2. The van der Waals surface area contributed by atoms with Gasteiger partial charge in [-0.2, -0.15) is 0 Å². The number of halogens is 1. The van der Waals surface area contributed by atoms with Crippen LogP contribution in [0.15, 0.2) is 10.5 Å². The minimum atomic E-state index is 0. The average molecular weight is 370 g/mol. The van der Waals surface area contributed by atoms with Gasteiger partial charge in [-0.3, -0.25) is 4.99 Å². The van der Waals surface area contributed by atoms with E-state index in [0.717, 1.165) is 24.7 Å². The number of methoxy groups -OCH3 is 1. The fourth-order valence-electron chi connectivity index (χ4n) is 1.15. The summed E-state index contributed by atoms with van der Waals surface area (Å²) >= 11 is 1.65. The molecule has 0 aliphatic heterocycles. The first-order valence-electron chi connectivity index (χ1n) is 5.10. The Hall–Kier alpha value is -0.410. The van der Waals surface area contributed by atoms with Gasteiger partial charge in [0, 0.05) is 25.6 Å². The maximum absolute atomic E-state index is 4.95. The van der Waals surface area contributed by atoms with Crippen molar-refractivity contribution in [3.05, 3.63) is 16.1 Å². The van der Waals surface area contributed by atoms with Crippen LogP contribution in [0, 0.1) is 6.92 Å². The Kier molecular flexibility index (Phi) is 9.37. The van der Waals surface area contributed by atoms with Gasteiger partial charge in [-0.1, -0.05) is 0 Å². The standard InChI is InChI=1S/C10H18N4OS.HI/c1-8-9(16-7-14-8)6-13-10(11-2)12-4-5-15-3;/h7H,4-6H2,1-3H3,(H2,11,12,13);1H. The molecule has 17 heavy (non-hydrogen) atoms. The van der Waals surface area contributed by atoms with E-state index in [4.69, 9.17) is 4.74 Å². The monoisotopic (exact) mass is 370 g/mol. The predicted octanol–water partition coefficient (Wildman–Crippen LogP) is 1.38. The van der Waals surface area contributed by atoms with E-state index in [1.165, 1.54) is 4.88 Å². The van der Waals surface area contributed by atoms with Crippen LogP contribution in [0.4, 0.5) is 0 Å². The van der Waals surface area contributed by atoms with E-state index in [2.05, 4.69) is 20.6 Å². The number of guanidine groups is 1. The van der Waals surface area contributed by atoms with Crippen molar-refractivity contribution in [3.63, 3.8) is 0 Å². The molecule has 0 saturated heterocycles. The van der Waals surface area contributed by atoms with E-state index >= 15 is 0 Å². The van der Waals surface area contributed by atoms with Crippen molar-refractivity contribution in [1.82, 2.24) is 15.6 Å². The largest absolute Gasteiger partial charge is 0.383 e. The van der Waals surface area contributed by atoms with Crippen molar-refractivity contribution >= 4 is 41.3 Å². The molecule has 1 aromatic heterocycles. The van der Waals surface area contributed by atoms with E-state index in [1.807, 2.05) is 12.4 Å². The zero-order chi connectivity index (χ0) is 11.8. The first-order chi connectivity index (χ1) is 7.77. The number of ether oxygens (including phenoxy) is 1. The highest BCUT2D eigenvalue weighted by Crippen LogP contribution is 2.10. The van der Waals surface area contributed by atoms with Gasteiger partial charge in [-0.25, -0.2) is 4.98 Å². The highest BCUT2D eigenvalue weighted by molar-refractivity contribution is 14.0. The Labute approximate surface area is 123 Å². The summed E-state index contributed by atoms with van der Waals surface area (Å²) in [6, 6.07) is 0. The SMILES string of the molecule is CN=C(NCCOC)NCc1scnc1C.I. The first-order valence-corrected chi connectivity index (χ1v) is 5.98. The lowest BCUT2D eigenvalue weighted by atomic mass is 10.4. The molecule has 1 aromatic rings. The molecule has 5 nitrogen and oxygen atoms in total. The van der Waals surface area contributed by atoms with E-state index in [-0.39, 0.29) is 24.0 Å². The number of thiazole rings is 1. The highest BCUT2D eigenvalue weighted by atomic mass is 127. The third-order valence-corrected chi connectivity index (χ3v) is 3.02. The molecule has 1 rings (SSSR count). The van der Waals surface area contributed by atoms with Crippen LogP contribution in [0.1, 0.15) is 10.6 Å². The summed E-state index contributed by atoms with van der Waals surface area (Å²) in [5.74, 6) is 0.782. The van der Waals surface area contributed by atoms with Gasteiger partial charge in [0.15, 0.2) is 5.96 Å².